The van der Waals surface area contributed by atoms with Gasteiger partial charge in [-0.25, -0.2) is 4.79 Å². The average Bonchev–Trinajstić information content (AvgIpc) is 2.66. The van der Waals surface area contributed by atoms with E-state index in [1.165, 1.54) is 26.4 Å². The second-order valence-corrected chi connectivity index (χ2v) is 4.95. The van der Waals surface area contributed by atoms with Gasteiger partial charge in [0.1, 0.15) is 17.2 Å². The summed E-state index contributed by atoms with van der Waals surface area (Å²) in [7, 11) is 4.51. The number of nitrogens with one attached hydrogen (secondary N) is 1. The molecule has 2 aromatic carbocycles. The molecule has 1 N–H and O–H groups in total. The lowest BCUT2D eigenvalue weighted by Gasteiger charge is -2.09. The van der Waals surface area contributed by atoms with Crippen molar-refractivity contribution in [1.29, 1.82) is 0 Å². The van der Waals surface area contributed by atoms with E-state index in [1.54, 1.807) is 37.4 Å². The summed E-state index contributed by atoms with van der Waals surface area (Å²) >= 11 is 0. The van der Waals surface area contributed by atoms with E-state index in [0.717, 1.165) is 0 Å². The molecule has 0 saturated heterocycles. The molecule has 1 amide bonds. The molecule has 0 heterocycles. The summed E-state index contributed by atoms with van der Waals surface area (Å²) in [6.45, 7) is -0.412. The van der Waals surface area contributed by atoms with Crippen LogP contribution in [0.3, 0.4) is 0 Å². The Balaban J connectivity index is 1.93. The fraction of sp³-hybridized carbons (Fsp3) is 0.222. The molecular formula is C18H19NO6. The first-order valence-corrected chi connectivity index (χ1v) is 7.40. The Morgan fingerprint density at radius 3 is 1.92 bits per heavy atom. The number of rotatable bonds is 7. The van der Waals surface area contributed by atoms with E-state index in [2.05, 4.69) is 5.32 Å². The van der Waals surface area contributed by atoms with Crippen LogP contribution in [0.2, 0.25) is 0 Å². The summed E-state index contributed by atoms with van der Waals surface area (Å²) in [5.74, 6) is 0.481. The SMILES string of the molecule is COc1ccc(NC(=O)COC(=O)c2cc(OC)cc(OC)c2)cc1. The van der Waals surface area contributed by atoms with E-state index in [4.69, 9.17) is 18.9 Å². The quantitative estimate of drug-likeness (QED) is 0.777. The molecule has 0 aliphatic heterocycles. The highest BCUT2D eigenvalue weighted by molar-refractivity contribution is 5.95. The molecular weight excluding hydrogens is 326 g/mol. The van der Waals surface area contributed by atoms with Crippen LogP contribution in [-0.2, 0) is 9.53 Å². The molecule has 0 aromatic heterocycles. The number of benzene rings is 2. The third kappa shape index (κ3) is 5.13. The van der Waals surface area contributed by atoms with E-state index in [0.29, 0.717) is 22.9 Å². The second-order valence-electron chi connectivity index (χ2n) is 4.95. The third-order valence-electron chi connectivity index (χ3n) is 3.30. The van der Waals surface area contributed by atoms with Crippen molar-refractivity contribution in [2.24, 2.45) is 0 Å². The minimum Gasteiger partial charge on any atom is -0.497 e. The molecule has 0 aliphatic rings. The Labute approximate surface area is 145 Å². The zero-order valence-electron chi connectivity index (χ0n) is 14.2. The molecule has 7 heteroatoms. The molecule has 0 aliphatic carbocycles. The minimum atomic E-state index is -0.651. The van der Waals surface area contributed by atoms with Crippen LogP contribution in [-0.4, -0.2) is 39.8 Å². The summed E-state index contributed by atoms with van der Waals surface area (Å²) < 4.78 is 20.2. The Morgan fingerprint density at radius 1 is 0.840 bits per heavy atom. The van der Waals surface area contributed by atoms with E-state index >= 15 is 0 Å². The van der Waals surface area contributed by atoms with E-state index < -0.39 is 18.5 Å². The molecule has 0 radical (unpaired) electrons. The Morgan fingerprint density at radius 2 is 1.40 bits per heavy atom. The highest BCUT2D eigenvalue weighted by Crippen LogP contribution is 2.23. The number of amides is 1. The van der Waals surface area contributed by atoms with Crippen molar-refractivity contribution in [2.45, 2.75) is 0 Å². The van der Waals surface area contributed by atoms with Gasteiger partial charge in [-0.15, -0.1) is 0 Å². The van der Waals surface area contributed by atoms with Crippen molar-refractivity contribution >= 4 is 17.6 Å². The van der Waals surface area contributed by atoms with Gasteiger partial charge in [-0.1, -0.05) is 0 Å². The third-order valence-corrected chi connectivity index (χ3v) is 3.30. The van der Waals surface area contributed by atoms with Gasteiger partial charge in [0.15, 0.2) is 6.61 Å². The van der Waals surface area contributed by atoms with Crippen LogP contribution in [0.1, 0.15) is 10.4 Å². The minimum absolute atomic E-state index is 0.230. The number of ether oxygens (including phenoxy) is 4. The molecule has 0 fully saturated rings. The Kier molecular flexibility index (Phi) is 6.22. The number of hydrogen-bond acceptors (Lipinski definition) is 6. The topological polar surface area (TPSA) is 83.1 Å². The van der Waals surface area contributed by atoms with Gasteiger partial charge in [0.25, 0.3) is 5.91 Å². The standard InChI is InChI=1S/C18H19NO6/c1-22-14-6-4-13(5-7-14)19-17(20)11-25-18(21)12-8-15(23-2)10-16(9-12)24-3/h4-10H,11H2,1-3H3,(H,19,20). The first-order valence-electron chi connectivity index (χ1n) is 7.40. The smallest absolute Gasteiger partial charge is 0.338 e. The highest BCUT2D eigenvalue weighted by atomic mass is 16.5. The van der Waals surface area contributed by atoms with Crippen LogP contribution in [0.15, 0.2) is 42.5 Å². The van der Waals surface area contributed by atoms with Gasteiger partial charge >= 0.3 is 5.97 Å². The zero-order valence-corrected chi connectivity index (χ0v) is 14.2. The van der Waals surface area contributed by atoms with E-state index in [1.807, 2.05) is 0 Å². The van der Waals surface area contributed by atoms with Gasteiger partial charge in [0.2, 0.25) is 0 Å². The molecule has 132 valence electrons. The maximum Gasteiger partial charge on any atom is 0.338 e. The van der Waals surface area contributed by atoms with Crippen LogP contribution in [0.5, 0.6) is 17.2 Å². The molecule has 2 rings (SSSR count). The van der Waals surface area contributed by atoms with Crippen molar-refractivity contribution in [3.05, 3.63) is 48.0 Å². The maximum atomic E-state index is 12.1. The molecule has 0 atom stereocenters. The van der Waals surface area contributed by atoms with Crippen molar-refractivity contribution in [3.63, 3.8) is 0 Å². The summed E-state index contributed by atoms with van der Waals surface area (Å²) in [6, 6.07) is 11.4. The van der Waals surface area contributed by atoms with Gasteiger partial charge in [0, 0.05) is 11.8 Å². The number of carbonyl (C=O) groups is 2. The van der Waals surface area contributed by atoms with Crippen LogP contribution in [0, 0.1) is 0 Å². The molecule has 0 saturated carbocycles. The number of methoxy groups -OCH3 is 3. The number of hydrogen-bond donors (Lipinski definition) is 1. The summed E-state index contributed by atoms with van der Waals surface area (Å²) in [5, 5.41) is 2.62. The predicted molar refractivity (Wildman–Crippen MR) is 91.5 cm³/mol. The summed E-state index contributed by atoms with van der Waals surface area (Å²) in [5.41, 5.74) is 0.804. The Hall–Kier alpha value is -3.22. The van der Waals surface area contributed by atoms with Crippen molar-refractivity contribution < 1.29 is 28.5 Å². The lowest BCUT2D eigenvalue weighted by Crippen LogP contribution is -2.21. The second kappa shape index (κ2) is 8.58. The van der Waals surface area contributed by atoms with Crippen LogP contribution >= 0.6 is 0 Å². The van der Waals surface area contributed by atoms with Crippen molar-refractivity contribution in [3.8, 4) is 17.2 Å². The summed E-state index contributed by atoms with van der Waals surface area (Å²) in [4.78, 5) is 24.0. The fourth-order valence-corrected chi connectivity index (χ4v) is 2.01. The fourth-order valence-electron chi connectivity index (χ4n) is 2.01. The van der Waals surface area contributed by atoms with E-state index in [-0.39, 0.29) is 5.56 Å². The first kappa shape index (κ1) is 18.1. The number of anilines is 1. The van der Waals surface area contributed by atoms with Gasteiger partial charge in [0.05, 0.1) is 26.9 Å². The van der Waals surface area contributed by atoms with Crippen LogP contribution in [0.25, 0.3) is 0 Å². The molecule has 0 bridgehead atoms. The molecule has 0 unspecified atom stereocenters. The average molecular weight is 345 g/mol. The Bertz CT molecular complexity index is 719. The molecule has 7 nitrogen and oxygen atoms in total. The lowest BCUT2D eigenvalue weighted by molar-refractivity contribution is -0.119. The highest BCUT2D eigenvalue weighted by Gasteiger charge is 2.13. The van der Waals surface area contributed by atoms with Crippen molar-refractivity contribution in [1.82, 2.24) is 0 Å². The largest absolute Gasteiger partial charge is 0.497 e. The normalized spacial score (nSPS) is 9.88. The number of esters is 1. The van der Waals surface area contributed by atoms with Gasteiger partial charge in [-0.05, 0) is 36.4 Å². The van der Waals surface area contributed by atoms with E-state index in [9.17, 15) is 9.59 Å². The maximum absolute atomic E-state index is 12.1. The molecule has 0 spiro atoms. The molecule has 25 heavy (non-hydrogen) atoms. The van der Waals surface area contributed by atoms with Gasteiger partial charge < -0.3 is 24.3 Å². The van der Waals surface area contributed by atoms with Crippen LogP contribution in [0.4, 0.5) is 5.69 Å². The van der Waals surface area contributed by atoms with Gasteiger partial charge in [-0.2, -0.15) is 0 Å². The van der Waals surface area contributed by atoms with Crippen molar-refractivity contribution in [2.75, 3.05) is 33.3 Å². The monoisotopic (exact) mass is 345 g/mol. The molecule has 2 aromatic rings. The predicted octanol–water partition coefficient (Wildman–Crippen LogP) is 2.51. The van der Waals surface area contributed by atoms with Gasteiger partial charge in [-0.3, -0.25) is 4.79 Å². The summed E-state index contributed by atoms with van der Waals surface area (Å²) in [6.07, 6.45) is 0. The first-order chi connectivity index (χ1) is 12.0. The number of carbonyl (C=O) groups excluding carboxylic acids is 2. The lowest BCUT2D eigenvalue weighted by atomic mass is 10.2. The van der Waals surface area contributed by atoms with Crippen LogP contribution < -0.4 is 19.5 Å². The zero-order chi connectivity index (χ0) is 18.2.